The number of nitrogens with two attached hydrogens (primary N) is 1. The molecule has 1 aromatic carbocycles. The van der Waals surface area contributed by atoms with Gasteiger partial charge in [-0.25, -0.2) is 4.39 Å². The molecular weight excluding hydrogens is 345 g/mol. The molecule has 6 heteroatoms. The molecule has 5 nitrogen and oxygen atoms in total. The first-order chi connectivity index (χ1) is 12.9. The Morgan fingerprint density at radius 3 is 2.70 bits per heavy atom. The maximum Gasteiger partial charge on any atom is 0.192 e. The van der Waals surface area contributed by atoms with Gasteiger partial charge in [-0.3, -0.25) is 4.79 Å². The van der Waals surface area contributed by atoms with E-state index in [0.717, 1.165) is 38.0 Å². The highest BCUT2D eigenvalue weighted by molar-refractivity contribution is 5.91. The SMILES string of the molecule is COc1c(N2CC[C@@H](C3(N)CC3)C2)ccc2c(=O)c(C)cn([C@@H]3C[C@@H]3F)c12. The normalized spacial score (nSPS) is 28.6. The summed E-state index contributed by atoms with van der Waals surface area (Å²) in [6.07, 6.45) is 4.72. The molecule has 3 aliphatic rings. The highest BCUT2D eigenvalue weighted by Gasteiger charge is 2.48. The predicted molar refractivity (Wildman–Crippen MR) is 105 cm³/mol. The van der Waals surface area contributed by atoms with Gasteiger partial charge in [0, 0.05) is 42.2 Å². The second kappa shape index (κ2) is 5.71. The fraction of sp³-hybridized carbons (Fsp3) is 0.571. The standard InChI is InChI=1S/C21H26FN3O2/c1-12-10-25(17-9-15(17)22)18-14(19(12)26)3-4-16(20(18)27-2)24-8-5-13(11-24)21(23)6-7-21/h3-4,10,13,15,17H,5-9,11,23H2,1-2H3/t13-,15+,17-/m1/s1. The molecule has 0 spiro atoms. The summed E-state index contributed by atoms with van der Waals surface area (Å²) in [5.41, 5.74) is 8.75. The molecule has 1 saturated heterocycles. The van der Waals surface area contributed by atoms with Crippen molar-refractivity contribution in [2.75, 3.05) is 25.1 Å². The third-order valence-electron chi connectivity index (χ3n) is 6.72. The van der Waals surface area contributed by atoms with Crippen molar-refractivity contribution in [3.63, 3.8) is 0 Å². The molecule has 144 valence electrons. The summed E-state index contributed by atoms with van der Waals surface area (Å²) in [6, 6.07) is 3.64. The second-order valence-corrected chi connectivity index (χ2v) is 8.55. The van der Waals surface area contributed by atoms with Gasteiger partial charge in [0.2, 0.25) is 0 Å². The highest BCUT2D eigenvalue weighted by Crippen LogP contribution is 2.47. The minimum Gasteiger partial charge on any atom is -0.492 e. The van der Waals surface area contributed by atoms with Gasteiger partial charge in [-0.1, -0.05) is 0 Å². The number of rotatable bonds is 4. The first-order valence-corrected chi connectivity index (χ1v) is 9.83. The van der Waals surface area contributed by atoms with Gasteiger partial charge in [0.05, 0.1) is 24.4 Å². The summed E-state index contributed by atoms with van der Waals surface area (Å²) in [5.74, 6) is 1.17. The van der Waals surface area contributed by atoms with E-state index in [1.165, 1.54) is 0 Å². The number of alkyl halides is 1. The Bertz CT molecular complexity index is 982. The molecule has 2 N–H and O–H groups in total. The molecule has 1 aromatic heterocycles. The summed E-state index contributed by atoms with van der Waals surface area (Å²) in [6.45, 7) is 3.62. The van der Waals surface area contributed by atoms with Crippen molar-refractivity contribution >= 4 is 16.6 Å². The van der Waals surface area contributed by atoms with Gasteiger partial charge in [0.15, 0.2) is 11.2 Å². The summed E-state index contributed by atoms with van der Waals surface area (Å²) in [5, 5.41) is 0.600. The van der Waals surface area contributed by atoms with Gasteiger partial charge in [-0.05, 0) is 44.2 Å². The minimum atomic E-state index is -0.855. The van der Waals surface area contributed by atoms with Crippen LogP contribution in [0.2, 0.25) is 0 Å². The number of benzene rings is 1. The van der Waals surface area contributed by atoms with Crippen LogP contribution in [0.3, 0.4) is 0 Å². The van der Waals surface area contributed by atoms with E-state index >= 15 is 0 Å². The van der Waals surface area contributed by atoms with Gasteiger partial charge in [0.25, 0.3) is 0 Å². The Balaban J connectivity index is 1.64. The summed E-state index contributed by atoms with van der Waals surface area (Å²) < 4.78 is 21.6. The number of aromatic nitrogens is 1. The summed E-state index contributed by atoms with van der Waals surface area (Å²) in [7, 11) is 1.63. The van der Waals surface area contributed by atoms with Gasteiger partial charge in [0.1, 0.15) is 6.17 Å². The van der Waals surface area contributed by atoms with E-state index in [9.17, 15) is 9.18 Å². The third-order valence-corrected chi connectivity index (χ3v) is 6.72. The van der Waals surface area contributed by atoms with E-state index in [4.69, 9.17) is 10.5 Å². The smallest absolute Gasteiger partial charge is 0.192 e. The molecule has 5 rings (SSSR count). The number of pyridine rings is 1. The van der Waals surface area contributed by atoms with Crippen molar-refractivity contribution in [1.29, 1.82) is 0 Å². The monoisotopic (exact) mass is 371 g/mol. The van der Waals surface area contributed by atoms with Crippen LogP contribution in [-0.4, -0.2) is 36.5 Å². The lowest BCUT2D eigenvalue weighted by molar-refractivity contribution is 0.412. The number of anilines is 1. The largest absolute Gasteiger partial charge is 0.492 e. The van der Waals surface area contributed by atoms with Crippen molar-refractivity contribution in [2.45, 2.75) is 50.4 Å². The third kappa shape index (κ3) is 2.57. The molecule has 2 saturated carbocycles. The molecule has 2 aromatic rings. The van der Waals surface area contributed by atoms with E-state index in [2.05, 4.69) is 4.90 Å². The molecule has 3 atom stereocenters. The topological polar surface area (TPSA) is 60.5 Å². The van der Waals surface area contributed by atoms with Gasteiger partial charge in [-0.15, -0.1) is 0 Å². The predicted octanol–water partition coefficient (Wildman–Crippen LogP) is 2.92. The number of nitrogens with zero attached hydrogens (tertiary/aromatic N) is 2. The first-order valence-electron chi connectivity index (χ1n) is 9.83. The lowest BCUT2D eigenvalue weighted by atomic mass is 9.97. The molecule has 0 unspecified atom stereocenters. The van der Waals surface area contributed by atoms with Gasteiger partial charge < -0.3 is 19.9 Å². The Morgan fingerprint density at radius 1 is 1.33 bits per heavy atom. The van der Waals surface area contributed by atoms with Gasteiger partial charge >= 0.3 is 0 Å². The molecule has 2 heterocycles. The van der Waals surface area contributed by atoms with Crippen LogP contribution >= 0.6 is 0 Å². The minimum absolute atomic E-state index is 0.00745. The fourth-order valence-electron chi connectivity index (χ4n) is 4.70. The first kappa shape index (κ1) is 17.0. The van der Waals surface area contributed by atoms with Crippen molar-refractivity contribution in [1.82, 2.24) is 4.57 Å². The Morgan fingerprint density at radius 2 is 2.07 bits per heavy atom. The van der Waals surface area contributed by atoms with Crippen LogP contribution in [0.15, 0.2) is 23.1 Å². The molecule has 0 bridgehead atoms. The van der Waals surface area contributed by atoms with Gasteiger partial charge in [-0.2, -0.15) is 0 Å². The molecular formula is C21H26FN3O2. The average Bonchev–Trinajstić information content (AvgIpc) is 3.52. The lowest BCUT2D eigenvalue weighted by Crippen LogP contribution is -2.34. The van der Waals surface area contributed by atoms with E-state index in [1.807, 2.05) is 16.7 Å². The summed E-state index contributed by atoms with van der Waals surface area (Å²) >= 11 is 0. The fourth-order valence-corrected chi connectivity index (χ4v) is 4.70. The van der Waals surface area contributed by atoms with Crippen LogP contribution in [-0.2, 0) is 0 Å². The lowest BCUT2D eigenvalue weighted by Gasteiger charge is -2.25. The number of halogens is 1. The number of aryl methyl sites for hydroxylation is 1. The molecule has 27 heavy (non-hydrogen) atoms. The summed E-state index contributed by atoms with van der Waals surface area (Å²) in [4.78, 5) is 15.0. The Labute approximate surface area is 157 Å². The molecule has 1 aliphatic heterocycles. The second-order valence-electron chi connectivity index (χ2n) is 8.55. The van der Waals surface area contributed by atoms with E-state index in [-0.39, 0.29) is 17.0 Å². The molecule has 3 fully saturated rings. The van der Waals surface area contributed by atoms with Crippen LogP contribution in [0.5, 0.6) is 5.75 Å². The number of ether oxygens (including phenoxy) is 1. The zero-order valence-corrected chi connectivity index (χ0v) is 15.9. The van der Waals surface area contributed by atoms with E-state index in [0.29, 0.717) is 34.6 Å². The highest BCUT2D eigenvalue weighted by atomic mass is 19.1. The van der Waals surface area contributed by atoms with Crippen LogP contribution < -0.4 is 20.8 Å². The number of hydrogen-bond donors (Lipinski definition) is 1. The van der Waals surface area contributed by atoms with Crippen molar-refractivity contribution < 1.29 is 9.13 Å². The Hall–Kier alpha value is -2.08. The van der Waals surface area contributed by atoms with E-state index < -0.39 is 6.17 Å². The molecule has 2 aliphatic carbocycles. The van der Waals surface area contributed by atoms with Crippen molar-refractivity contribution in [3.05, 3.63) is 34.1 Å². The number of hydrogen-bond acceptors (Lipinski definition) is 4. The molecule has 0 amide bonds. The van der Waals surface area contributed by atoms with Crippen LogP contribution in [0.25, 0.3) is 10.9 Å². The van der Waals surface area contributed by atoms with Crippen LogP contribution in [0.4, 0.5) is 10.1 Å². The number of fused-ring (bicyclic) bond motifs is 1. The van der Waals surface area contributed by atoms with Crippen LogP contribution in [0, 0.1) is 12.8 Å². The maximum atomic E-state index is 13.9. The van der Waals surface area contributed by atoms with Crippen LogP contribution in [0.1, 0.15) is 37.3 Å². The zero-order valence-electron chi connectivity index (χ0n) is 15.9. The zero-order chi connectivity index (χ0) is 18.9. The van der Waals surface area contributed by atoms with Crippen molar-refractivity contribution in [2.24, 2.45) is 11.7 Å². The average molecular weight is 371 g/mol. The maximum absolute atomic E-state index is 13.9. The van der Waals surface area contributed by atoms with Crippen molar-refractivity contribution in [3.8, 4) is 5.75 Å². The molecule has 0 radical (unpaired) electrons. The quantitative estimate of drug-likeness (QED) is 0.898. The van der Waals surface area contributed by atoms with E-state index in [1.54, 1.807) is 20.2 Å². The Kier molecular flexibility index (Phi) is 3.60. The number of methoxy groups -OCH3 is 1.